The maximum Gasteiger partial charge on any atom is 0.255 e. The molecule has 3 rings (SSSR count). The molecule has 1 heterocycles. The number of hydrogen-bond acceptors (Lipinski definition) is 2. The predicted octanol–water partition coefficient (Wildman–Crippen LogP) is 4.90. The molecule has 1 aliphatic rings. The quantitative estimate of drug-likeness (QED) is 0.718. The van der Waals surface area contributed by atoms with Crippen LogP contribution in [0.2, 0.25) is 0 Å². The van der Waals surface area contributed by atoms with Crippen molar-refractivity contribution in [3.05, 3.63) is 64.1 Å². The fourth-order valence-corrected chi connectivity index (χ4v) is 3.23. The van der Waals surface area contributed by atoms with E-state index in [4.69, 9.17) is 4.74 Å². The van der Waals surface area contributed by atoms with Gasteiger partial charge in [0.25, 0.3) is 11.8 Å². The van der Waals surface area contributed by atoms with Crippen molar-refractivity contribution in [2.75, 3.05) is 13.1 Å². The van der Waals surface area contributed by atoms with E-state index in [9.17, 15) is 13.6 Å². The standard InChI is InChI=1S/C19H18BrF2NO2/c20-17-12-15(25-13-14-4-2-1-3-5-14)6-7-16(17)18(24)23-10-8-19(21,22)9-11-23/h1-7,12H,8-11,13H2. The summed E-state index contributed by atoms with van der Waals surface area (Å²) < 4.78 is 32.8. The van der Waals surface area contributed by atoms with Crippen LogP contribution < -0.4 is 4.74 Å². The fourth-order valence-electron chi connectivity index (χ4n) is 2.71. The number of carbonyl (C=O) groups is 1. The zero-order chi connectivity index (χ0) is 17.9. The van der Waals surface area contributed by atoms with Crippen molar-refractivity contribution in [2.45, 2.75) is 25.4 Å². The van der Waals surface area contributed by atoms with Gasteiger partial charge in [0, 0.05) is 30.4 Å². The maximum atomic E-state index is 13.2. The van der Waals surface area contributed by atoms with E-state index < -0.39 is 5.92 Å². The second-order valence-corrected chi connectivity index (χ2v) is 6.92. The third kappa shape index (κ3) is 4.57. The Kier molecular flexibility index (Phi) is 5.37. The van der Waals surface area contributed by atoms with Crippen molar-refractivity contribution < 1.29 is 18.3 Å². The molecule has 0 unspecified atom stereocenters. The molecule has 0 atom stereocenters. The SMILES string of the molecule is O=C(c1ccc(OCc2ccccc2)cc1Br)N1CCC(F)(F)CC1. The van der Waals surface area contributed by atoms with Gasteiger partial charge in [-0.2, -0.15) is 0 Å². The monoisotopic (exact) mass is 409 g/mol. The highest BCUT2D eigenvalue weighted by atomic mass is 79.9. The van der Waals surface area contributed by atoms with Crippen molar-refractivity contribution in [1.82, 2.24) is 4.90 Å². The van der Waals surface area contributed by atoms with Crippen molar-refractivity contribution in [3.63, 3.8) is 0 Å². The van der Waals surface area contributed by atoms with Gasteiger partial charge < -0.3 is 9.64 Å². The molecule has 132 valence electrons. The molecule has 0 aromatic heterocycles. The highest BCUT2D eigenvalue weighted by molar-refractivity contribution is 9.10. The topological polar surface area (TPSA) is 29.5 Å². The highest BCUT2D eigenvalue weighted by Crippen LogP contribution is 2.30. The van der Waals surface area contributed by atoms with Crippen LogP contribution in [0.5, 0.6) is 5.75 Å². The average Bonchev–Trinajstić information content (AvgIpc) is 2.60. The summed E-state index contributed by atoms with van der Waals surface area (Å²) in [4.78, 5) is 14.0. The van der Waals surface area contributed by atoms with Crippen molar-refractivity contribution in [1.29, 1.82) is 0 Å². The lowest BCUT2D eigenvalue weighted by Crippen LogP contribution is -2.42. The van der Waals surface area contributed by atoms with Gasteiger partial charge in [-0.15, -0.1) is 0 Å². The molecule has 0 saturated carbocycles. The molecule has 2 aromatic rings. The first-order valence-electron chi connectivity index (χ1n) is 8.08. The van der Waals surface area contributed by atoms with E-state index in [1.807, 2.05) is 30.3 Å². The summed E-state index contributed by atoms with van der Waals surface area (Å²) in [5.74, 6) is -2.27. The van der Waals surface area contributed by atoms with Crippen LogP contribution in [-0.2, 0) is 6.61 Å². The Balaban J connectivity index is 1.64. The molecule has 0 radical (unpaired) electrons. The molecule has 3 nitrogen and oxygen atoms in total. The van der Waals surface area contributed by atoms with E-state index in [2.05, 4.69) is 15.9 Å². The second-order valence-electron chi connectivity index (χ2n) is 6.06. The number of carbonyl (C=O) groups excluding carboxylic acids is 1. The van der Waals surface area contributed by atoms with E-state index in [0.717, 1.165) is 5.56 Å². The smallest absolute Gasteiger partial charge is 0.255 e. The molecule has 0 spiro atoms. The minimum Gasteiger partial charge on any atom is -0.489 e. The first-order chi connectivity index (χ1) is 11.9. The summed E-state index contributed by atoms with van der Waals surface area (Å²) in [6, 6.07) is 14.9. The number of amides is 1. The first kappa shape index (κ1) is 17.9. The Hall–Kier alpha value is -1.95. The van der Waals surface area contributed by atoms with Gasteiger partial charge in [0.1, 0.15) is 12.4 Å². The maximum absolute atomic E-state index is 13.2. The van der Waals surface area contributed by atoms with Gasteiger partial charge in [0.05, 0.1) is 5.56 Å². The molecular weight excluding hydrogens is 392 g/mol. The van der Waals surface area contributed by atoms with Crippen LogP contribution in [0.4, 0.5) is 8.78 Å². The molecule has 2 aromatic carbocycles. The number of benzene rings is 2. The highest BCUT2D eigenvalue weighted by Gasteiger charge is 2.36. The van der Waals surface area contributed by atoms with Crippen molar-refractivity contribution >= 4 is 21.8 Å². The van der Waals surface area contributed by atoms with Crippen LogP contribution in [0.3, 0.4) is 0 Å². The van der Waals surface area contributed by atoms with Gasteiger partial charge in [-0.3, -0.25) is 4.79 Å². The molecule has 1 saturated heterocycles. The van der Waals surface area contributed by atoms with Gasteiger partial charge in [-0.25, -0.2) is 8.78 Å². The van der Waals surface area contributed by atoms with Crippen LogP contribution in [0.25, 0.3) is 0 Å². The molecule has 0 bridgehead atoms. The lowest BCUT2D eigenvalue weighted by Gasteiger charge is -2.32. The number of rotatable bonds is 4. The lowest BCUT2D eigenvalue weighted by molar-refractivity contribution is -0.0494. The van der Waals surface area contributed by atoms with Crippen molar-refractivity contribution in [3.8, 4) is 5.75 Å². The van der Waals surface area contributed by atoms with Gasteiger partial charge >= 0.3 is 0 Å². The van der Waals surface area contributed by atoms with Crippen LogP contribution >= 0.6 is 15.9 Å². The van der Waals surface area contributed by atoms with Crippen LogP contribution in [-0.4, -0.2) is 29.8 Å². The minimum absolute atomic E-state index is 0.0739. The number of ether oxygens (including phenoxy) is 1. The van der Waals surface area contributed by atoms with Gasteiger partial charge in [0.15, 0.2) is 0 Å². The Labute approximate surface area is 153 Å². The predicted molar refractivity (Wildman–Crippen MR) is 95.0 cm³/mol. The number of piperidine rings is 1. The molecule has 25 heavy (non-hydrogen) atoms. The van der Waals surface area contributed by atoms with Crippen molar-refractivity contribution in [2.24, 2.45) is 0 Å². The van der Waals surface area contributed by atoms with Crippen LogP contribution in [0, 0.1) is 0 Å². The number of alkyl halides is 2. The number of halogens is 3. The van der Waals surface area contributed by atoms with E-state index in [-0.39, 0.29) is 31.8 Å². The summed E-state index contributed by atoms with van der Waals surface area (Å²) in [7, 11) is 0. The summed E-state index contributed by atoms with van der Waals surface area (Å²) >= 11 is 3.39. The third-order valence-electron chi connectivity index (χ3n) is 4.20. The molecule has 6 heteroatoms. The Morgan fingerprint density at radius 3 is 2.44 bits per heavy atom. The summed E-state index contributed by atoms with van der Waals surface area (Å²) in [6.45, 7) is 0.580. The number of nitrogens with zero attached hydrogens (tertiary/aromatic N) is 1. The zero-order valence-electron chi connectivity index (χ0n) is 13.6. The molecule has 0 N–H and O–H groups in total. The molecule has 1 amide bonds. The second kappa shape index (κ2) is 7.52. The fraction of sp³-hybridized carbons (Fsp3) is 0.316. The van der Waals surface area contributed by atoms with Gasteiger partial charge in [-0.1, -0.05) is 30.3 Å². The first-order valence-corrected chi connectivity index (χ1v) is 8.87. The number of hydrogen-bond donors (Lipinski definition) is 0. The zero-order valence-corrected chi connectivity index (χ0v) is 15.1. The number of likely N-dealkylation sites (tertiary alicyclic amines) is 1. The molecule has 1 fully saturated rings. The van der Waals surface area contributed by atoms with Crippen LogP contribution in [0.1, 0.15) is 28.8 Å². The van der Waals surface area contributed by atoms with E-state index in [1.165, 1.54) is 4.90 Å². The molecule has 1 aliphatic heterocycles. The largest absolute Gasteiger partial charge is 0.489 e. The van der Waals surface area contributed by atoms with E-state index in [0.29, 0.717) is 22.4 Å². The Bertz CT molecular complexity index is 742. The normalized spacial score (nSPS) is 16.5. The Morgan fingerprint density at radius 1 is 1.12 bits per heavy atom. The minimum atomic E-state index is -2.66. The lowest BCUT2D eigenvalue weighted by atomic mass is 10.1. The summed E-state index contributed by atoms with van der Waals surface area (Å²) in [5.41, 5.74) is 1.50. The molecular formula is C19H18BrF2NO2. The van der Waals surface area contributed by atoms with Gasteiger partial charge in [-0.05, 0) is 39.7 Å². The third-order valence-corrected chi connectivity index (χ3v) is 4.86. The summed E-state index contributed by atoms with van der Waals surface area (Å²) in [5, 5.41) is 0. The van der Waals surface area contributed by atoms with E-state index >= 15 is 0 Å². The Morgan fingerprint density at radius 2 is 1.80 bits per heavy atom. The average molecular weight is 410 g/mol. The van der Waals surface area contributed by atoms with E-state index in [1.54, 1.807) is 18.2 Å². The van der Waals surface area contributed by atoms with Gasteiger partial charge in [0.2, 0.25) is 0 Å². The summed E-state index contributed by atoms with van der Waals surface area (Å²) in [6.07, 6.45) is -0.566. The molecule has 0 aliphatic carbocycles. The van der Waals surface area contributed by atoms with Crippen LogP contribution in [0.15, 0.2) is 53.0 Å².